The van der Waals surface area contributed by atoms with E-state index < -0.39 is 0 Å². The van der Waals surface area contributed by atoms with E-state index in [0.717, 1.165) is 50.8 Å². The zero-order chi connectivity index (χ0) is 39.6. The molecule has 0 unspecified atom stereocenters. The Labute approximate surface area is 346 Å². The first kappa shape index (κ1) is 34.0. The van der Waals surface area contributed by atoms with Crippen LogP contribution < -0.4 is 0 Å². The highest BCUT2D eigenvalue weighted by Gasteiger charge is 2.24. The zero-order valence-electron chi connectivity index (χ0n) is 32.6. The lowest BCUT2D eigenvalue weighted by Gasteiger charge is -2.13. The summed E-state index contributed by atoms with van der Waals surface area (Å²) in [5.41, 5.74) is 15.0. The van der Waals surface area contributed by atoms with E-state index >= 15 is 0 Å². The lowest BCUT2D eigenvalue weighted by Crippen LogP contribution is -1.96. The van der Waals surface area contributed by atoms with E-state index in [2.05, 4.69) is 215 Å². The van der Waals surface area contributed by atoms with E-state index in [9.17, 15) is 0 Å². The molecule has 0 amide bonds. The molecule has 0 radical (unpaired) electrons. The molecule has 0 spiro atoms. The number of benzene rings is 8. The molecular weight excluding hydrogens is 729 g/mol. The zero-order valence-corrected chi connectivity index (χ0v) is 32.6. The van der Waals surface area contributed by atoms with Gasteiger partial charge in [-0.1, -0.05) is 152 Å². The van der Waals surface area contributed by atoms with Crippen LogP contribution in [0.15, 0.2) is 218 Å². The van der Waals surface area contributed by atoms with Crippen LogP contribution in [0.25, 0.3) is 111 Å². The van der Waals surface area contributed by atoms with Gasteiger partial charge < -0.3 is 9.13 Å². The van der Waals surface area contributed by atoms with Crippen molar-refractivity contribution in [2.75, 3.05) is 0 Å². The van der Waals surface area contributed by atoms with Crippen LogP contribution in [0, 0.1) is 0 Å². The van der Waals surface area contributed by atoms with Gasteiger partial charge in [0.1, 0.15) is 0 Å². The fourth-order valence-electron chi connectivity index (χ4n) is 9.27. The van der Waals surface area contributed by atoms with Gasteiger partial charge in [0.05, 0.1) is 44.8 Å². The average Bonchev–Trinajstić information content (AvgIpc) is 3.85. The molecule has 12 aromatic rings. The van der Waals surface area contributed by atoms with Crippen LogP contribution in [0.3, 0.4) is 0 Å². The lowest BCUT2D eigenvalue weighted by atomic mass is 9.95. The van der Waals surface area contributed by atoms with Gasteiger partial charge in [-0.3, -0.25) is 0 Å². The van der Waals surface area contributed by atoms with Gasteiger partial charge in [0.15, 0.2) is 0 Å². The van der Waals surface area contributed by atoms with Crippen molar-refractivity contribution < 1.29 is 0 Å². The summed E-state index contributed by atoms with van der Waals surface area (Å²) in [6.07, 6.45) is 0. The van der Waals surface area contributed by atoms with E-state index in [1.54, 1.807) is 0 Å². The normalized spacial score (nSPS) is 11.7. The van der Waals surface area contributed by atoms with Crippen LogP contribution >= 0.6 is 0 Å². The van der Waals surface area contributed by atoms with Crippen molar-refractivity contribution in [1.82, 2.24) is 19.1 Å². The van der Waals surface area contributed by atoms with Crippen LogP contribution in [0.4, 0.5) is 0 Å². The molecular formula is C56H36N4. The molecule has 0 saturated heterocycles. The van der Waals surface area contributed by atoms with Crippen LogP contribution in [-0.4, -0.2) is 19.1 Å². The number of hydrogen-bond acceptors (Lipinski definition) is 2. The van der Waals surface area contributed by atoms with Crippen molar-refractivity contribution in [3.05, 3.63) is 218 Å². The van der Waals surface area contributed by atoms with E-state index in [1.807, 2.05) is 12.1 Å². The summed E-state index contributed by atoms with van der Waals surface area (Å²) in [4.78, 5) is 10.3. The number of para-hydroxylation sites is 4. The highest BCUT2D eigenvalue weighted by Crippen LogP contribution is 2.46. The third-order valence-corrected chi connectivity index (χ3v) is 11.9. The minimum absolute atomic E-state index is 0.841. The highest BCUT2D eigenvalue weighted by molar-refractivity contribution is 6.29. The van der Waals surface area contributed by atoms with Gasteiger partial charge in [-0.05, 0) is 88.6 Å². The summed E-state index contributed by atoms with van der Waals surface area (Å²) in [6.45, 7) is 0. The van der Waals surface area contributed by atoms with Crippen molar-refractivity contribution in [1.29, 1.82) is 0 Å². The molecule has 8 aromatic carbocycles. The first-order valence-electron chi connectivity index (χ1n) is 20.4. The summed E-state index contributed by atoms with van der Waals surface area (Å²) in [5.74, 6) is 0. The number of pyridine rings is 2. The Bertz CT molecular complexity index is 3580. The van der Waals surface area contributed by atoms with Crippen molar-refractivity contribution in [2.24, 2.45) is 0 Å². The predicted molar refractivity (Wildman–Crippen MR) is 250 cm³/mol. The van der Waals surface area contributed by atoms with Crippen molar-refractivity contribution in [3.8, 4) is 56.4 Å². The second-order valence-electron chi connectivity index (χ2n) is 15.3. The average molecular weight is 765 g/mol. The molecule has 4 aromatic heterocycles. The molecule has 0 aliphatic rings. The highest BCUT2D eigenvalue weighted by atomic mass is 15.0. The standard InChI is InChI=1S/C56H36N4/c1-3-18-40(19-4-1)59-51-30-11-10-24-45(51)55-53(59)36-46(54-44-23-9-12-31-52(44)60(56(54)55)41-20-5-2-6-21-41)38-32-34-39(35-33-38)47-26-14-28-49(57-47)50-29-15-27-48(58-50)43-25-13-17-37-16-7-8-22-42(37)43/h1-36H. The van der Waals surface area contributed by atoms with E-state index in [1.165, 1.54) is 59.9 Å². The van der Waals surface area contributed by atoms with Gasteiger partial charge >= 0.3 is 0 Å². The Morgan fingerprint density at radius 2 is 0.800 bits per heavy atom. The van der Waals surface area contributed by atoms with E-state index in [0.29, 0.717) is 0 Å². The first-order chi connectivity index (χ1) is 29.8. The van der Waals surface area contributed by atoms with Gasteiger partial charge in [0.2, 0.25) is 0 Å². The van der Waals surface area contributed by atoms with Crippen LogP contribution in [0.5, 0.6) is 0 Å². The molecule has 0 bridgehead atoms. The van der Waals surface area contributed by atoms with Crippen LogP contribution in [0.2, 0.25) is 0 Å². The quantitative estimate of drug-likeness (QED) is 0.169. The molecule has 0 saturated carbocycles. The molecule has 0 fully saturated rings. The Balaban J connectivity index is 1.04. The number of hydrogen-bond donors (Lipinski definition) is 0. The Morgan fingerprint density at radius 1 is 0.300 bits per heavy atom. The predicted octanol–water partition coefficient (Wildman–Crippen LogP) is 14.5. The molecule has 0 aliphatic carbocycles. The molecule has 280 valence electrons. The molecule has 0 atom stereocenters. The van der Waals surface area contributed by atoms with Crippen molar-refractivity contribution in [2.45, 2.75) is 0 Å². The lowest BCUT2D eigenvalue weighted by molar-refractivity contribution is 1.17. The fraction of sp³-hybridized carbons (Fsp3) is 0. The van der Waals surface area contributed by atoms with Gasteiger partial charge in [-0.15, -0.1) is 0 Å². The Hall–Kier alpha value is -8.08. The second-order valence-corrected chi connectivity index (χ2v) is 15.3. The second kappa shape index (κ2) is 13.8. The SMILES string of the molecule is c1ccc(-n2c3ccccc3c3c2cc(-c2ccc(-c4cccc(-c5cccc(-c6cccc7ccccc67)n5)n4)cc2)c2c4ccccc4n(-c4ccccc4)c23)cc1. The summed E-state index contributed by atoms with van der Waals surface area (Å²) >= 11 is 0. The third kappa shape index (κ3) is 5.39. The molecule has 60 heavy (non-hydrogen) atoms. The summed E-state index contributed by atoms with van der Waals surface area (Å²) in [7, 11) is 0. The topological polar surface area (TPSA) is 35.6 Å². The molecule has 4 heterocycles. The molecule has 12 rings (SSSR count). The molecule has 0 aliphatic heterocycles. The molecule has 0 N–H and O–H groups in total. The third-order valence-electron chi connectivity index (χ3n) is 11.9. The van der Waals surface area contributed by atoms with Crippen molar-refractivity contribution in [3.63, 3.8) is 0 Å². The summed E-state index contributed by atoms with van der Waals surface area (Å²) < 4.78 is 4.89. The Kier molecular flexibility index (Phi) is 7.82. The molecule has 4 nitrogen and oxygen atoms in total. The largest absolute Gasteiger partial charge is 0.309 e. The summed E-state index contributed by atoms with van der Waals surface area (Å²) in [6, 6.07) is 77.8. The van der Waals surface area contributed by atoms with E-state index in [4.69, 9.17) is 9.97 Å². The van der Waals surface area contributed by atoms with Crippen molar-refractivity contribution >= 4 is 54.4 Å². The van der Waals surface area contributed by atoms with Crippen LogP contribution in [0.1, 0.15) is 0 Å². The first-order valence-corrected chi connectivity index (χ1v) is 20.4. The Morgan fingerprint density at radius 3 is 1.52 bits per heavy atom. The smallest absolute Gasteiger partial charge is 0.0893 e. The minimum Gasteiger partial charge on any atom is -0.309 e. The van der Waals surface area contributed by atoms with Gasteiger partial charge in [0, 0.05) is 44.0 Å². The van der Waals surface area contributed by atoms with Gasteiger partial charge in [-0.2, -0.15) is 0 Å². The number of fused-ring (bicyclic) bond motifs is 8. The number of aromatic nitrogens is 4. The number of rotatable bonds is 6. The fourth-order valence-corrected chi connectivity index (χ4v) is 9.27. The number of nitrogens with zero attached hydrogens (tertiary/aromatic N) is 4. The van der Waals surface area contributed by atoms with E-state index in [-0.39, 0.29) is 0 Å². The maximum atomic E-state index is 5.18. The van der Waals surface area contributed by atoms with Gasteiger partial charge in [-0.25, -0.2) is 9.97 Å². The minimum atomic E-state index is 0.841. The molecule has 4 heteroatoms. The monoisotopic (exact) mass is 764 g/mol. The summed E-state index contributed by atoms with van der Waals surface area (Å²) in [5, 5.41) is 7.32. The maximum Gasteiger partial charge on any atom is 0.0893 e. The van der Waals surface area contributed by atoms with Crippen LogP contribution in [-0.2, 0) is 0 Å². The maximum absolute atomic E-state index is 5.18. The van der Waals surface area contributed by atoms with Gasteiger partial charge in [0.25, 0.3) is 0 Å².